The van der Waals surface area contributed by atoms with E-state index in [1.807, 2.05) is 0 Å². The van der Waals surface area contributed by atoms with Crippen LogP contribution in [0.1, 0.15) is 6.42 Å². The minimum absolute atomic E-state index is 0.0744. The standard InChI is InChI=1S/C10H9Cl2NO3S/c11-7-2-1-3-8(4-7)13-6-9(5-10(13)14)17(12,15)16/h1-4,9H,5-6H2. The van der Waals surface area contributed by atoms with Crippen molar-refractivity contribution < 1.29 is 13.2 Å². The van der Waals surface area contributed by atoms with E-state index in [9.17, 15) is 13.2 Å². The second kappa shape index (κ2) is 4.48. The van der Waals surface area contributed by atoms with Gasteiger partial charge in [-0.3, -0.25) is 4.79 Å². The van der Waals surface area contributed by atoms with Crippen molar-refractivity contribution in [2.24, 2.45) is 0 Å². The van der Waals surface area contributed by atoms with Gasteiger partial charge in [0, 0.05) is 34.4 Å². The molecule has 1 heterocycles. The summed E-state index contributed by atoms with van der Waals surface area (Å²) >= 11 is 5.82. The van der Waals surface area contributed by atoms with Crippen LogP contribution in [-0.2, 0) is 13.8 Å². The molecule has 1 unspecified atom stereocenters. The molecule has 1 fully saturated rings. The Balaban J connectivity index is 2.28. The first-order chi connectivity index (χ1) is 7.88. The fourth-order valence-corrected chi connectivity index (χ4v) is 2.97. The van der Waals surface area contributed by atoms with Gasteiger partial charge >= 0.3 is 0 Å². The maximum absolute atomic E-state index is 11.7. The summed E-state index contributed by atoms with van der Waals surface area (Å²) < 4.78 is 22.4. The van der Waals surface area contributed by atoms with Crippen molar-refractivity contribution in [1.82, 2.24) is 0 Å². The molecule has 0 saturated carbocycles. The molecule has 0 aromatic heterocycles. The molecule has 4 nitrogen and oxygen atoms in total. The van der Waals surface area contributed by atoms with Crippen molar-refractivity contribution >= 4 is 42.9 Å². The molecule has 0 radical (unpaired) electrons. The smallest absolute Gasteiger partial charge is 0.237 e. The Labute approximate surface area is 109 Å². The average Bonchev–Trinajstić information content (AvgIpc) is 2.60. The third kappa shape index (κ3) is 2.73. The highest BCUT2D eigenvalue weighted by atomic mass is 35.7. The fraction of sp³-hybridized carbons (Fsp3) is 0.300. The molecule has 2 rings (SSSR count). The van der Waals surface area contributed by atoms with Crippen molar-refractivity contribution in [1.29, 1.82) is 0 Å². The van der Waals surface area contributed by atoms with Gasteiger partial charge in [-0.15, -0.1) is 0 Å². The second-order valence-electron chi connectivity index (χ2n) is 3.79. The van der Waals surface area contributed by atoms with E-state index in [1.165, 1.54) is 4.90 Å². The number of anilines is 1. The monoisotopic (exact) mass is 293 g/mol. The number of halogens is 2. The van der Waals surface area contributed by atoms with Crippen molar-refractivity contribution in [3.63, 3.8) is 0 Å². The molecule has 1 aliphatic rings. The lowest BCUT2D eigenvalue weighted by atomic mass is 10.3. The Kier molecular flexibility index (Phi) is 3.34. The van der Waals surface area contributed by atoms with E-state index in [4.69, 9.17) is 22.3 Å². The molecular weight excluding hydrogens is 285 g/mol. The Hall–Kier alpha value is -0.780. The van der Waals surface area contributed by atoms with Crippen molar-refractivity contribution in [3.05, 3.63) is 29.3 Å². The number of rotatable bonds is 2. The molecule has 7 heteroatoms. The number of amides is 1. The minimum Gasteiger partial charge on any atom is -0.311 e. The summed E-state index contributed by atoms with van der Waals surface area (Å²) in [5, 5.41) is -0.358. The molecule has 1 atom stereocenters. The highest BCUT2D eigenvalue weighted by Crippen LogP contribution is 2.28. The highest BCUT2D eigenvalue weighted by molar-refractivity contribution is 8.14. The topological polar surface area (TPSA) is 54.5 Å². The van der Waals surface area contributed by atoms with Crippen LogP contribution in [0.15, 0.2) is 24.3 Å². The van der Waals surface area contributed by atoms with Gasteiger partial charge in [-0.05, 0) is 18.2 Å². The van der Waals surface area contributed by atoms with Gasteiger partial charge in [0.15, 0.2) is 0 Å². The van der Waals surface area contributed by atoms with Crippen molar-refractivity contribution in [3.8, 4) is 0 Å². The minimum atomic E-state index is -3.71. The van der Waals surface area contributed by atoms with Gasteiger partial charge in [0.1, 0.15) is 5.25 Å². The summed E-state index contributed by atoms with van der Waals surface area (Å²) in [5.74, 6) is -0.263. The van der Waals surface area contributed by atoms with E-state index in [2.05, 4.69) is 0 Å². The van der Waals surface area contributed by atoms with E-state index in [0.29, 0.717) is 10.7 Å². The van der Waals surface area contributed by atoms with Crippen molar-refractivity contribution in [2.45, 2.75) is 11.7 Å². The summed E-state index contributed by atoms with van der Waals surface area (Å²) in [6.45, 7) is 0.0744. The second-order valence-corrected chi connectivity index (χ2v) is 7.13. The normalized spacial score (nSPS) is 20.9. The van der Waals surface area contributed by atoms with Crippen LogP contribution in [0, 0.1) is 0 Å². The summed E-state index contributed by atoms with van der Waals surface area (Å²) in [6.07, 6.45) is -0.0850. The SMILES string of the molecule is O=C1CC(S(=O)(=O)Cl)CN1c1cccc(Cl)c1. The number of carbonyl (C=O) groups is 1. The Morgan fingerprint density at radius 1 is 1.35 bits per heavy atom. The van der Waals surface area contributed by atoms with Gasteiger partial charge in [0.25, 0.3) is 0 Å². The lowest BCUT2D eigenvalue weighted by molar-refractivity contribution is -0.117. The van der Waals surface area contributed by atoms with Crippen LogP contribution < -0.4 is 4.90 Å². The number of hydrogen-bond acceptors (Lipinski definition) is 3. The number of nitrogens with zero attached hydrogens (tertiary/aromatic N) is 1. The van der Waals surface area contributed by atoms with E-state index >= 15 is 0 Å². The molecule has 1 amide bonds. The first kappa shape index (κ1) is 12.7. The first-order valence-corrected chi connectivity index (χ1v) is 7.62. The van der Waals surface area contributed by atoms with Crippen LogP contribution >= 0.6 is 22.3 Å². The lowest BCUT2D eigenvalue weighted by Crippen LogP contribution is -2.26. The van der Waals surface area contributed by atoms with Crippen LogP contribution in [-0.4, -0.2) is 26.1 Å². The largest absolute Gasteiger partial charge is 0.311 e. The zero-order valence-electron chi connectivity index (χ0n) is 8.64. The van der Waals surface area contributed by atoms with E-state index in [0.717, 1.165) is 0 Å². The molecule has 92 valence electrons. The molecule has 1 saturated heterocycles. The van der Waals surface area contributed by atoms with Crippen molar-refractivity contribution in [2.75, 3.05) is 11.4 Å². The maximum Gasteiger partial charge on any atom is 0.237 e. The zero-order chi connectivity index (χ0) is 12.6. The number of benzene rings is 1. The Morgan fingerprint density at radius 2 is 2.06 bits per heavy atom. The molecular formula is C10H9Cl2NO3S. The number of carbonyl (C=O) groups excluding carboxylic acids is 1. The average molecular weight is 294 g/mol. The molecule has 0 aliphatic carbocycles. The zero-order valence-corrected chi connectivity index (χ0v) is 11.0. The van der Waals surface area contributed by atoms with E-state index in [-0.39, 0.29) is 18.9 Å². The van der Waals surface area contributed by atoms with Crippen LogP contribution in [0.5, 0.6) is 0 Å². The van der Waals surface area contributed by atoms with Crippen LogP contribution in [0.25, 0.3) is 0 Å². The first-order valence-electron chi connectivity index (χ1n) is 4.87. The molecule has 0 spiro atoms. The van der Waals surface area contributed by atoms with Gasteiger partial charge in [-0.25, -0.2) is 8.42 Å². The third-order valence-corrected chi connectivity index (χ3v) is 4.71. The quantitative estimate of drug-likeness (QED) is 0.784. The molecule has 1 aromatic rings. The predicted octanol–water partition coefficient (Wildman–Crippen LogP) is 2.01. The van der Waals surface area contributed by atoms with Gasteiger partial charge < -0.3 is 4.90 Å². The molecule has 1 aliphatic heterocycles. The number of hydrogen-bond donors (Lipinski definition) is 0. The fourth-order valence-electron chi connectivity index (χ4n) is 1.76. The van der Waals surface area contributed by atoms with Crippen LogP contribution in [0.2, 0.25) is 5.02 Å². The Bertz CT molecular complexity index is 558. The summed E-state index contributed by atoms with van der Waals surface area (Å²) in [5.41, 5.74) is 0.588. The summed E-state index contributed by atoms with van der Waals surface area (Å²) in [4.78, 5) is 13.1. The maximum atomic E-state index is 11.7. The highest BCUT2D eigenvalue weighted by Gasteiger charge is 2.37. The molecule has 0 N–H and O–H groups in total. The van der Waals surface area contributed by atoms with Crippen LogP contribution in [0.3, 0.4) is 0 Å². The Morgan fingerprint density at radius 3 is 2.59 bits per heavy atom. The van der Waals surface area contributed by atoms with E-state index in [1.54, 1.807) is 24.3 Å². The lowest BCUT2D eigenvalue weighted by Gasteiger charge is -2.16. The van der Waals surface area contributed by atoms with Gasteiger partial charge in [0.2, 0.25) is 15.0 Å². The van der Waals surface area contributed by atoms with Gasteiger partial charge in [0.05, 0.1) is 0 Å². The van der Waals surface area contributed by atoms with Gasteiger partial charge in [-0.1, -0.05) is 17.7 Å². The summed E-state index contributed by atoms with van der Waals surface area (Å²) in [7, 11) is 1.55. The van der Waals surface area contributed by atoms with Crippen LogP contribution in [0.4, 0.5) is 5.69 Å². The third-order valence-electron chi connectivity index (χ3n) is 2.61. The van der Waals surface area contributed by atoms with E-state index < -0.39 is 14.3 Å². The summed E-state index contributed by atoms with van der Waals surface area (Å²) in [6, 6.07) is 6.70. The molecule has 17 heavy (non-hydrogen) atoms. The molecule has 1 aromatic carbocycles. The molecule has 0 bridgehead atoms. The predicted molar refractivity (Wildman–Crippen MR) is 67.0 cm³/mol. The van der Waals surface area contributed by atoms with Gasteiger partial charge in [-0.2, -0.15) is 0 Å².